The Morgan fingerprint density at radius 1 is 1.17 bits per heavy atom. The highest BCUT2D eigenvalue weighted by Gasteiger charge is 2.25. The number of likely N-dealkylation sites (N-methyl/N-ethyl adjacent to an activating group) is 1. The van der Waals surface area contributed by atoms with Crippen molar-refractivity contribution in [3.63, 3.8) is 0 Å². The van der Waals surface area contributed by atoms with Crippen molar-refractivity contribution in [2.75, 3.05) is 27.3 Å². The van der Waals surface area contributed by atoms with E-state index >= 15 is 0 Å². The van der Waals surface area contributed by atoms with Crippen LogP contribution in [-0.2, 0) is 9.59 Å². The summed E-state index contributed by atoms with van der Waals surface area (Å²) in [5, 5.41) is 2.70. The summed E-state index contributed by atoms with van der Waals surface area (Å²) in [5.74, 6) is 1.18. The molecule has 0 aliphatic rings. The normalized spacial score (nSPS) is 11.7. The lowest BCUT2D eigenvalue weighted by Gasteiger charge is -2.26. The van der Waals surface area contributed by atoms with Gasteiger partial charge in [-0.15, -0.1) is 0 Å². The third kappa shape index (κ3) is 6.18. The molecule has 0 aromatic heterocycles. The Hall–Kier alpha value is -2.24. The minimum atomic E-state index is -0.515. The first-order valence-electron chi connectivity index (χ1n) is 7.64. The molecule has 0 heterocycles. The maximum atomic E-state index is 12.4. The number of ether oxygens (including phenoxy) is 2. The van der Waals surface area contributed by atoms with Crippen molar-refractivity contribution in [2.24, 2.45) is 5.92 Å². The number of hydrogen-bond donors (Lipinski definition) is 1. The van der Waals surface area contributed by atoms with Crippen LogP contribution in [0, 0.1) is 5.92 Å². The number of carbonyl (C=O) groups excluding carboxylic acids is 2. The van der Waals surface area contributed by atoms with E-state index in [1.165, 1.54) is 6.92 Å². The zero-order valence-electron chi connectivity index (χ0n) is 14.5. The van der Waals surface area contributed by atoms with Crippen LogP contribution >= 0.6 is 0 Å². The number of nitrogens with one attached hydrogen (secondary N) is 1. The molecular formula is C17H26N2O4. The molecule has 128 valence electrons. The van der Waals surface area contributed by atoms with E-state index in [4.69, 9.17) is 9.47 Å². The summed E-state index contributed by atoms with van der Waals surface area (Å²) < 4.78 is 10.7. The van der Waals surface area contributed by atoms with Gasteiger partial charge in [-0.3, -0.25) is 9.59 Å². The van der Waals surface area contributed by atoms with Gasteiger partial charge in [0, 0.05) is 14.0 Å². The molecule has 0 aliphatic heterocycles. The van der Waals surface area contributed by atoms with Gasteiger partial charge in [-0.2, -0.15) is 0 Å². The van der Waals surface area contributed by atoms with E-state index < -0.39 is 6.04 Å². The second kappa shape index (κ2) is 9.02. The Morgan fingerprint density at radius 2 is 1.74 bits per heavy atom. The predicted molar refractivity (Wildman–Crippen MR) is 88.6 cm³/mol. The van der Waals surface area contributed by atoms with Crippen LogP contribution < -0.4 is 14.8 Å². The molecule has 1 N–H and O–H groups in total. The van der Waals surface area contributed by atoms with E-state index in [9.17, 15) is 9.59 Å². The van der Waals surface area contributed by atoms with Crippen LogP contribution in [0.3, 0.4) is 0 Å². The molecule has 6 nitrogen and oxygen atoms in total. The SMILES string of the molecule is COc1ccc(OCCN(C)C(=O)C(NC(C)=O)C(C)C)cc1. The predicted octanol–water partition coefficient (Wildman–Crippen LogP) is 1.69. The van der Waals surface area contributed by atoms with Crippen molar-refractivity contribution < 1.29 is 19.1 Å². The van der Waals surface area contributed by atoms with E-state index in [1.807, 2.05) is 38.1 Å². The largest absolute Gasteiger partial charge is 0.497 e. The Kier molecular flexibility index (Phi) is 7.38. The number of amides is 2. The van der Waals surface area contributed by atoms with Gasteiger partial charge < -0.3 is 19.7 Å². The fourth-order valence-electron chi connectivity index (χ4n) is 2.05. The quantitative estimate of drug-likeness (QED) is 0.791. The molecule has 0 radical (unpaired) electrons. The van der Waals surface area contributed by atoms with Gasteiger partial charge in [0.15, 0.2) is 0 Å². The van der Waals surface area contributed by atoms with Gasteiger partial charge in [0.05, 0.1) is 13.7 Å². The maximum absolute atomic E-state index is 12.4. The highest BCUT2D eigenvalue weighted by molar-refractivity contribution is 5.86. The third-order valence-electron chi connectivity index (χ3n) is 3.42. The summed E-state index contributed by atoms with van der Waals surface area (Å²) in [7, 11) is 3.31. The molecular weight excluding hydrogens is 296 g/mol. The van der Waals surface area contributed by atoms with E-state index in [2.05, 4.69) is 5.32 Å². The van der Waals surface area contributed by atoms with Gasteiger partial charge in [0.25, 0.3) is 0 Å². The Morgan fingerprint density at radius 3 is 2.22 bits per heavy atom. The number of nitrogens with zero attached hydrogens (tertiary/aromatic N) is 1. The molecule has 23 heavy (non-hydrogen) atoms. The smallest absolute Gasteiger partial charge is 0.245 e. The summed E-state index contributed by atoms with van der Waals surface area (Å²) in [6.07, 6.45) is 0. The lowest BCUT2D eigenvalue weighted by atomic mass is 10.0. The zero-order chi connectivity index (χ0) is 17.4. The first-order valence-corrected chi connectivity index (χ1v) is 7.64. The van der Waals surface area contributed by atoms with Crippen LogP contribution in [0.5, 0.6) is 11.5 Å². The van der Waals surface area contributed by atoms with Crippen LogP contribution in [0.25, 0.3) is 0 Å². The minimum Gasteiger partial charge on any atom is -0.497 e. The summed E-state index contributed by atoms with van der Waals surface area (Å²) >= 11 is 0. The molecule has 0 spiro atoms. The Labute approximate surface area is 137 Å². The fraction of sp³-hybridized carbons (Fsp3) is 0.529. The fourth-order valence-corrected chi connectivity index (χ4v) is 2.05. The topological polar surface area (TPSA) is 67.9 Å². The lowest BCUT2D eigenvalue weighted by molar-refractivity contribution is -0.136. The molecule has 0 fully saturated rings. The zero-order valence-corrected chi connectivity index (χ0v) is 14.5. The average Bonchev–Trinajstić information content (AvgIpc) is 2.52. The molecule has 2 amide bonds. The van der Waals surface area contributed by atoms with E-state index in [0.29, 0.717) is 18.9 Å². The van der Waals surface area contributed by atoms with Gasteiger partial charge in [-0.1, -0.05) is 13.8 Å². The second-order valence-electron chi connectivity index (χ2n) is 5.71. The van der Waals surface area contributed by atoms with Gasteiger partial charge in [0.2, 0.25) is 11.8 Å². The molecule has 1 aromatic carbocycles. The number of hydrogen-bond acceptors (Lipinski definition) is 4. The van der Waals surface area contributed by atoms with Crippen molar-refractivity contribution in [1.29, 1.82) is 0 Å². The van der Waals surface area contributed by atoms with Crippen LogP contribution in [0.15, 0.2) is 24.3 Å². The monoisotopic (exact) mass is 322 g/mol. The van der Waals surface area contributed by atoms with Gasteiger partial charge in [0.1, 0.15) is 24.1 Å². The van der Waals surface area contributed by atoms with Crippen LogP contribution in [-0.4, -0.2) is 50.1 Å². The molecule has 0 bridgehead atoms. The second-order valence-corrected chi connectivity index (χ2v) is 5.71. The van der Waals surface area contributed by atoms with Crippen molar-refractivity contribution in [3.05, 3.63) is 24.3 Å². The van der Waals surface area contributed by atoms with Crippen LogP contribution in [0.2, 0.25) is 0 Å². The molecule has 1 unspecified atom stereocenters. The van der Waals surface area contributed by atoms with Crippen molar-refractivity contribution in [1.82, 2.24) is 10.2 Å². The van der Waals surface area contributed by atoms with Gasteiger partial charge >= 0.3 is 0 Å². The lowest BCUT2D eigenvalue weighted by Crippen LogP contribution is -2.50. The molecule has 6 heteroatoms. The van der Waals surface area contributed by atoms with E-state index in [0.717, 1.165) is 5.75 Å². The summed E-state index contributed by atoms with van der Waals surface area (Å²) in [4.78, 5) is 25.2. The first-order chi connectivity index (χ1) is 10.8. The average molecular weight is 322 g/mol. The van der Waals surface area contributed by atoms with Crippen molar-refractivity contribution in [2.45, 2.75) is 26.8 Å². The van der Waals surface area contributed by atoms with Crippen molar-refractivity contribution in [3.8, 4) is 11.5 Å². The molecule has 0 aliphatic carbocycles. The van der Waals surface area contributed by atoms with Crippen LogP contribution in [0.1, 0.15) is 20.8 Å². The first kappa shape index (κ1) is 18.8. The standard InChI is InChI=1S/C17H26N2O4/c1-12(2)16(18-13(3)20)17(21)19(4)10-11-23-15-8-6-14(22-5)7-9-15/h6-9,12,16H,10-11H2,1-5H3,(H,18,20). The minimum absolute atomic E-state index is 0.0244. The van der Waals surface area contributed by atoms with Crippen LogP contribution in [0.4, 0.5) is 0 Å². The molecule has 0 saturated carbocycles. The molecule has 1 aromatic rings. The van der Waals surface area contributed by atoms with Gasteiger partial charge in [-0.25, -0.2) is 0 Å². The number of rotatable bonds is 8. The number of benzene rings is 1. The summed E-state index contributed by atoms with van der Waals surface area (Å²) in [6, 6.07) is 6.74. The van der Waals surface area contributed by atoms with Crippen molar-refractivity contribution >= 4 is 11.8 Å². The molecule has 1 atom stereocenters. The maximum Gasteiger partial charge on any atom is 0.245 e. The molecule has 1 rings (SSSR count). The highest BCUT2D eigenvalue weighted by atomic mass is 16.5. The number of carbonyl (C=O) groups is 2. The molecule has 0 saturated heterocycles. The van der Waals surface area contributed by atoms with E-state index in [1.54, 1.807) is 19.1 Å². The van der Waals surface area contributed by atoms with Gasteiger partial charge in [-0.05, 0) is 30.2 Å². The third-order valence-corrected chi connectivity index (χ3v) is 3.42. The summed E-state index contributed by atoms with van der Waals surface area (Å²) in [5.41, 5.74) is 0. The Bertz CT molecular complexity index is 514. The highest BCUT2D eigenvalue weighted by Crippen LogP contribution is 2.16. The summed E-state index contributed by atoms with van der Waals surface area (Å²) in [6.45, 7) is 6.03. The van der Waals surface area contributed by atoms with E-state index in [-0.39, 0.29) is 17.7 Å². The Balaban J connectivity index is 2.48. The number of methoxy groups -OCH3 is 1.